The number of nitrogens with zero attached hydrogens (tertiary/aromatic N) is 1. The number of carbonyl (C=O) groups excluding carboxylic acids is 3. The fourth-order valence-electron chi connectivity index (χ4n) is 3.92. The molecule has 0 spiro atoms. The molecule has 34 heavy (non-hydrogen) atoms. The summed E-state index contributed by atoms with van der Waals surface area (Å²) in [5, 5.41) is 5.70. The minimum atomic E-state index is -0.903. The molecular weight excluding hydrogens is 450 g/mol. The maximum absolute atomic E-state index is 13.8. The quantitative estimate of drug-likeness (QED) is 0.315. The van der Waals surface area contributed by atoms with E-state index in [9.17, 15) is 14.4 Å². The van der Waals surface area contributed by atoms with E-state index in [0.717, 1.165) is 48.8 Å². The predicted octanol–water partition coefficient (Wildman–Crippen LogP) is 4.47. The molecule has 190 valence electrons. The highest BCUT2D eigenvalue weighted by molar-refractivity contribution is 7.80. The van der Waals surface area contributed by atoms with E-state index in [1.807, 2.05) is 32.0 Å². The van der Waals surface area contributed by atoms with Gasteiger partial charge in [-0.15, -0.1) is 0 Å². The Kier molecular flexibility index (Phi) is 10.3. The number of carbonyl (C=O) groups is 3. The van der Waals surface area contributed by atoms with Crippen molar-refractivity contribution < 1.29 is 19.1 Å². The van der Waals surface area contributed by atoms with E-state index in [1.165, 1.54) is 0 Å². The Bertz CT molecular complexity index is 864. The Morgan fingerprint density at radius 1 is 1.18 bits per heavy atom. The maximum atomic E-state index is 13.8. The smallest absolute Gasteiger partial charge is 0.408 e. The third-order valence-electron chi connectivity index (χ3n) is 5.69. The van der Waals surface area contributed by atoms with Crippen LogP contribution in [0, 0.1) is 13.8 Å². The molecule has 0 aliphatic heterocycles. The minimum Gasteiger partial charge on any atom is -0.444 e. The number of hydrogen-bond donors (Lipinski definition) is 3. The Balaban J connectivity index is 2.36. The van der Waals surface area contributed by atoms with Gasteiger partial charge in [-0.1, -0.05) is 43.5 Å². The van der Waals surface area contributed by atoms with E-state index < -0.39 is 23.8 Å². The molecule has 3 amide bonds. The summed E-state index contributed by atoms with van der Waals surface area (Å²) in [6.45, 7) is 11.9. The van der Waals surface area contributed by atoms with Crippen molar-refractivity contribution in [2.45, 2.75) is 97.4 Å². The van der Waals surface area contributed by atoms with Crippen molar-refractivity contribution in [1.82, 2.24) is 15.5 Å². The number of benzene rings is 1. The molecular formula is C26H41N3O4S. The van der Waals surface area contributed by atoms with Gasteiger partial charge in [0.15, 0.2) is 0 Å². The van der Waals surface area contributed by atoms with Crippen LogP contribution >= 0.6 is 12.6 Å². The predicted molar refractivity (Wildman–Crippen MR) is 138 cm³/mol. The van der Waals surface area contributed by atoms with Crippen LogP contribution in [-0.2, 0) is 14.3 Å². The van der Waals surface area contributed by atoms with Crippen molar-refractivity contribution in [3.05, 3.63) is 34.9 Å². The molecule has 2 N–H and O–H groups in total. The molecule has 7 nitrogen and oxygen atoms in total. The van der Waals surface area contributed by atoms with Crippen molar-refractivity contribution in [2.24, 2.45) is 0 Å². The van der Waals surface area contributed by atoms with Crippen LogP contribution in [0.25, 0.3) is 0 Å². The Morgan fingerprint density at radius 2 is 1.85 bits per heavy atom. The zero-order valence-corrected chi connectivity index (χ0v) is 22.3. The molecule has 2 unspecified atom stereocenters. The second-order valence-corrected chi connectivity index (χ2v) is 10.5. The average molecular weight is 492 g/mol. The summed E-state index contributed by atoms with van der Waals surface area (Å²) < 4.78 is 5.34. The lowest BCUT2D eigenvalue weighted by molar-refractivity contribution is -0.142. The third kappa shape index (κ3) is 8.22. The maximum Gasteiger partial charge on any atom is 0.408 e. The van der Waals surface area contributed by atoms with Crippen LogP contribution < -0.4 is 10.6 Å². The SMILES string of the molecule is CCCCCNC(=O)C(c1ccc(C)cc1C)N(C(=O)C(CS)NC(=O)OC(C)(C)C)C1CC1. The zero-order valence-electron chi connectivity index (χ0n) is 21.4. The second kappa shape index (κ2) is 12.5. The first kappa shape index (κ1) is 28.0. The lowest BCUT2D eigenvalue weighted by Gasteiger charge is -2.35. The Morgan fingerprint density at radius 3 is 2.38 bits per heavy atom. The van der Waals surface area contributed by atoms with Crippen LogP contribution in [0.15, 0.2) is 18.2 Å². The van der Waals surface area contributed by atoms with Crippen molar-refractivity contribution in [1.29, 1.82) is 0 Å². The van der Waals surface area contributed by atoms with Gasteiger partial charge in [0.05, 0.1) is 0 Å². The molecule has 0 aromatic heterocycles. The molecule has 1 aromatic rings. The third-order valence-corrected chi connectivity index (χ3v) is 6.06. The molecule has 0 heterocycles. The molecule has 0 radical (unpaired) electrons. The first-order valence-electron chi connectivity index (χ1n) is 12.3. The number of unbranched alkanes of at least 4 members (excludes halogenated alkanes) is 2. The van der Waals surface area contributed by atoms with Crippen LogP contribution in [0.3, 0.4) is 0 Å². The highest BCUT2D eigenvalue weighted by Crippen LogP contribution is 2.36. The average Bonchev–Trinajstić information content (AvgIpc) is 3.57. The number of hydrogen-bond acceptors (Lipinski definition) is 5. The summed E-state index contributed by atoms with van der Waals surface area (Å²) in [5.74, 6) is -0.422. The number of alkyl carbamates (subject to hydrolysis) is 1. The number of rotatable bonds is 11. The highest BCUT2D eigenvalue weighted by Gasteiger charge is 2.44. The normalized spacial score (nSPS) is 15.3. The molecule has 2 rings (SSSR count). The van der Waals surface area contributed by atoms with Crippen LogP contribution in [0.5, 0.6) is 0 Å². The Hall–Kier alpha value is -2.22. The van der Waals surface area contributed by atoms with Gasteiger partial charge in [-0.25, -0.2) is 4.79 Å². The number of ether oxygens (including phenoxy) is 1. The van der Waals surface area contributed by atoms with Gasteiger partial charge in [0.2, 0.25) is 11.8 Å². The molecule has 0 saturated heterocycles. The summed E-state index contributed by atoms with van der Waals surface area (Å²) in [6, 6.07) is 4.19. The molecule has 1 aromatic carbocycles. The summed E-state index contributed by atoms with van der Waals surface area (Å²) in [7, 11) is 0. The molecule has 1 fully saturated rings. The minimum absolute atomic E-state index is 0.0533. The van der Waals surface area contributed by atoms with Crippen molar-refractivity contribution in [2.75, 3.05) is 12.3 Å². The van der Waals surface area contributed by atoms with E-state index in [4.69, 9.17) is 4.74 Å². The fraction of sp³-hybridized carbons (Fsp3) is 0.654. The second-order valence-electron chi connectivity index (χ2n) is 10.1. The molecule has 8 heteroatoms. The van der Waals surface area contributed by atoms with Crippen molar-refractivity contribution >= 4 is 30.5 Å². The fourth-order valence-corrected chi connectivity index (χ4v) is 4.17. The molecule has 0 bridgehead atoms. The summed E-state index contributed by atoms with van der Waals surface area (Å²) in [6.07, 6.45) is 3.94. The van der Waals surface area contributed by atoms with Crippen LogP contribution in [-0.4, -0.2) is 52.8 Å². The van der Waals surface area contributed by atoms with Gasteiger partial charge in [-0.05, 0) is 65.0 Å². The first-order chi connectivity index (χ1) is 16.0. The van der Waals surface area contributed by atoms with Gasteiger partial charge in [-0.2, -0.15) is 12.6 Å². The molecule has 2 atom stereocenters. The standard InChI is InChI=1S/C26H41N3O4S/c1-7-8-9-14-27-23(30)22(20-13-10-17(2)15-18(20)3)29(19-11-12-19)24(31)21(16-34)28-25(32)33-26(4,5)6/h10,13,15,19,21-22,34H,7-9,11-12,14,16H2,1-6H3,(H,27,30)(H,28,32). The number of thiol groups is 1. The van der Waals surface area contributed by atoms with Crippen molar-refractivity contribution in [3.63, 3.8) is 0 Å². The first-order valence-corrected chi connectivity index (χ1v) is 12.9. The van der Waals surface area contributed by atoms with Gasteiger partial charge in [0, 0.05) is 18.3 Å². The largest absolute Gasteiger partial charge is 0.444 e. The van der Waals surface area contributed by atoms with E-state index in [1.54, 1.807) is 25.7 Å². The molecule has 1 saturated carbocycles. The van der Waals surface area contributed by atoms with E-state index in [2.05, 4.69) is 30.2 Å². The van der Waals surface area contributed by atoms with Crippen LogP contribution in [0.4, 0.5) is 4.79 Å². The zero-order chi connectivity index (χ0) is 25.5. The lowest BCUT2D eigenvalue weighted by Crippen LogP contribution is -2.54. The van der Waals surface area contributed by atoms with E-state index in [-0.39, 0.29) is 23.6 Å². The van der Waals surface area contributed by atoms with Gasteiger partial charge < -0.3 is 20.3 Å². The van der Waals surface area contributed by atoms with E-state index in [0.29, 0.717) is 6.54 Å². The van der Waals surface area contributed by atoms with Crippen LogP contribution in [0.2, 0.25) is 0 Å². The number of amides is 3. The van der Waals surface area contributed by atoms with Gasteiger partial charge >= 0.3 is 6.09 Å². The summed E-state index contributed by atoms with van der Waals surface area (Å²) >= 11 is 4.33. The molecule has 1 aliphatic carbocycles. The van der Waals surface area contributed by atoms with Gasteiger partial charge in [-0.3, -0.25) is 9.59 Å². The summed E-state index contributed by atoms with van der Waals surface area (Å²) in [5.41, 5.74) is 2.15. The highest BCUT2D eigenvalue weighted by atomic mass is 32.1. The van der Waals surface area contributed by atoms with E-state index >= 15 is 0 Å². The Labute approximate surface area is 209 Å². The monoisotopic (exact) mass is 491 g/mol. The van der Waals surface area contributed by atoms with Crippen LogP contribution in [0.1, 0.15) is 82.5 Å². The lowest BCUT2D eigenvalue weighted by atomic mass is 9.96. The van der Waals surface area contributed by atoms with Crippen molar-refractivity contribution in [3.8, 4) is 0 Å². The number of aryl methyl sites for hydroxylation is 2. The number of nitrogens with one attached hydrogen (secondary N) is 2. The molecule has 1 aliphatic rings. The summed E-state index contributed by atoms with van der Waals surface area (Å²) in [4.78, 5) is 41.3. The van der Waals surface area contributed by atoms with Gasteiger partial charge in [0.25, 0.3) is 0 Å². The van der Waals surface area contributed by atoms with Gasteiger partial charge in [0.1, 0.15) is 17.7 Å². The topological polar surface area (TPSA) is 87.7 Å².